The number of nitrogens with zero attached hydrogens (tertiary/aromatic N) is 3. The van der Waals surface area contributed by atoms with Crippen LogP contribution in [0.15, 0.2) is 84.9 Å². The summed E-state index contributed by atoms with van der Waals surface area (Å²) in [5, 5.41) is 0. The topological polar surface area (TPSA) is 60.9 Å². The summed E-state index contributed by atoms with van der Waals surface area (Å²) in [7, 11) is -3.63. The van der Waals surface area contributed by atoms with Gasteiger partial charge in [0.1, 0.15) is 6.54 Å². The summed E-state index contributed by atoms with van der Waals surface area (Å²) in [6.07, 6.45) is 1.17. The van der Waals surface area contributed by atoms with Crippen LogP contribution in [0.3, 0.4) is 0 Å². The van der Waals surface area contributed by atoms with Crippen molar-refractivity contribution in [2.75, 3.05) is 43.3 Å². The van der Waals surface area contributed by atoms with E-state index in [1.54, 1.807) is 11.0 Å². The molecule has 0 spiro atoms. The van der Waals surface area contributed by atoms with Crippen LogP contribution in [-0.2, 0) is 14.8 Å². The number of piperazine rings is 1. The number of benzene rings is 3. The summed E-state index contributed by atoms with van der Waals surface area (Å²) >= 11 is 0. The number of carbonyl (C=O) groups excluding carboxylic acids is 1. The molecule has 0 saturated carbocycles. The number of para-hydroxylation sites is 1. The molecule has 1 fully saturated rings. The molecule has 7 heteroatoms. The Morgan fingerprint density at radius 3 is 1.81 bits per heavy atom. The van der Waals surface area contributed by atoms with E-state index in [1.165, 1.54) is 21.7 Å². The Bertz CT molecular complexity index is 1220. The molecule has 3 aromatic carbocycles. The third-order valence-electron chi connectivity index (χ3n) is 6.77. The number of hydrogen-bond acceptors (Lipinski definition) is 4. The zero-order chi connectivity index (χ0) is 25.7. The van der Waals surface area contributed by atoms with Crippen LogP contribution in [0, 0.1) is 0 Å². The first-order valence-electron chi connectivity index (χ1n) is 12.4. The molecule has 0 N–H and O–H groups in total. The molecule has 1 heterocycles. The number of amides is 1. The first-order chi connectivity index (χ1) is 17.3. The molecule has 0 aromatic heterocycles. The normalized spacial score (nSPS) is 14.9. The average molecular weight is 506 g/mol. The molecule has 0 atom stereocenters. The molecular weight excluding hydrogens is 470 g/mol. The van der Waals surface area contributed by atoms with Crippen molar-refractivity contribution in [2.24, 2.45) is 0 Å². The molecule has 0 bridgehead atoms. The van der Waals surface area contributed by atoms with Gasteiger partial charge in [0, 0.05) is 26.2 Å². The van der Waals surface area contributed by atoms with Gasteiger partial charge in [0.25, 0.3) is 0 Å². The van der Waals surface area contributed by atoms with Gasteiger partial charge in [0.2, 0.25) is 15.9 Å². The molecule has 1 aliphatic heterocycles. The van der Waals surface area contributed by atoms with Crippen molar-refractivity contribution in [3.8, 4) is 0 Å². The van der Waals surface area contributed by atoms with Gasteiger partial charge in [-0.1, -0.05) is 92.7 Å². The Hall–Kier alpha value is -3.16. The van der Waals surface area contributed by atoms with Gasteiger partial charge in [0.15, 0.2) is 0 Å². The second-order valence-electron chi connectivity index (χ2n) is 9.62. The lowest BCUT2D eigenvalue weighted by Crippen LogP contribution is -2.52. The van der Waals surface area contributed by atoms with Crippen LogP contribution < -0.4 is 4.31 Å². The first kappa shape index (κ1) is 25.9. The molecular formula is C29H35N3O3S. The fourth-order valence-electron chi connectivity index (χ4n) is 4.92. The highest BCUT2D eigenvalue weighted by Crippen LogP contribution is 2.31. The molecule has 1 saturated heterocycles. The van der Waals surface area contributed by atoms with Gasteiger partial charge in [-0.3, -0.25) is 14.0 Å². The van der Waals surface area contributed by atoms with Crippen molar-refractivity contribution in [2.45, 2.75) is 25.8 Å². The van der Waals surface area contributed by atoms with E-state index in [-0.39, 0.29) is 24.4 Å². The molecule has 0 unspecified atom stereocenters. The Labute approximate surface area is 215 Å². The maximum atomic E-state index is 13.3. The highest BCUT2D eigenvalue weighted by atomic mass is 32.2. The minimum absolute atomic E-state index is 0.107. The van der Waals surface area contributed by atoms with E-state index in [2.05, 4.69) is 53.4 Å². The van der Waals surface area contributed by atoms with Gasteiger partial charge < -0.3 is 4.90 Å². The van der Waals surface area contributed by atoms with Gasteiger partial charge in [-0.15, -0.1) is 0 Å². The maximum Gasteiger partial charge on any atom is 0.243 e. The summed E-state index contributed by atoms with van der Waals surface area (Å²) in [4.78, 5) is 17.5. The van der Waals surface area contributed by atoms with E-state index in [4.69, 9.17) is 0 Å². The Morgan fingerprint density at radius 1 is 0.806 bits per heavy atom. The van der Waals surface area contributed by atoms with Crippen molar-refractivity contribution in [1.29, 1.82) is 0 Å². The van der Waals surface area contributed by atoms with Crippen LogP contribution in [0.2, 0.25) is 0 Å². The van der Waals surface area contributed by atoms with E-state index in [9.17, 15) is 13.2 Å². The minimum Gasteiger partial charge on any atom is -0.339 e. The second kappa shape index (κ2) is 11.3. The molecule has 1 aliphatic rings. The molecule has 1 amide bonds. The lowest BCUT2D eigenvalue weighted by molar-refractivity contribution is -0.131. The third-order valence-corrected chi connectivity index (χ3v) is 7.90. The largest absolute Gasteiger partial charge is 0.339 e. The van der Waals surface area contributed by atoms with Gasteiger partial charge >= 0.3 is 0 Å². The highest BCUT2D eigenvalue weighted by molar-refractivity contribution is 7.92. The van der Waals surface area contributed by atoms with Gasteiger partial charge in [0.05, 0.1) is 18.0 Å². The summed E-state index contributed by atoms with van der Waals surface area (Å²) < 4.78 is 26.7. The zero-order valence-electron chi connectivity index (χ0n) is 21.2. The highest BCUT2D eigenvalue weighted by Gasteiger charge is 2.31. The fraction of sp³-hybridized carbons (Fsp3) is 0.345. The van der Waals surface area contributed by atoms with Crippen LogP contribution >= 0.6 is 0 Å². The summed E-state index contributed by atoms with van der Waals surface area (Å²) in [5.74, 6) is -0.0355. The van der Waals surface area contributed by atoms with Crippen molar-refractivity contribution < 1.29 is 13.2 Å². The second-order valence-corrected chi connectivity index (χ2v) is 11.5. The van der Waals surface area contributed by atoms with Crippen LogP contribution in [0.1, 0.15) is 42.5 Å². The molecule has 0 radical (unpaired) electrons. The predicted octanol–water partition coefficient (Wildman–Crippen LogP) is 4.51. The van der Waals surface area contributed by atoms with E-state index >= 15 is 0 Å². The summed E-state index contributed by atoms with van der Waals surface area (Å²) in [5.41, 5.74) is 3.93. The number of sulfonamides is 1. The minimum atomic E-state index is -3.63. The van der Waals surface area contributed by atoms with Gasteiger partial charge in [-0.25, -0.2) is 8.42 Å². The Morgan fingerprint density at radius 2 is 1.31 bits per heavy atom. The molecule has 4 rings (SSSR count). The van der Waals surface area contributed by atoms with E-state index in [1.807, 2.05) is 44.2 Å². The van der Waals surface area contributed by atoms with Crippen molar-refractivity contribution in [1.82, 2.24) is 9.80 Å². The number of rotatable bonds is 8. The molecule has 0 aliphatic carbocycles. The molecule has 36 heavy (non-hydrogen) atoms. The van der Waals surface area contributed by atoms with E-state index in [0.717, 1.165) is 5.56 Å². The smallest absolute Gasteiger partial charge is 0.243 e. The molecule has 3 aromatic rings. The lowest BCUT2D eigenvalue weighted by atomic mass is 9.96. The van der Waals surface area contributed by atoms with Crippen LogP contribution in [0.4, 0.5) is 5.69 Å². The van der Waals surface area contributed by atoms with E-state index < -0.39 is 10.0 Å². The van der Waals surface area contributed by atoms with Crippen molar-refractivity contribution in [3.05, 3.63) is 102 Å². The third kappa shape index (κ3) is 5.97. The van der Waals surface area contributed by atoms with Gasteiger partial charge in [-0.05, 0) is 28.7 Å². The monoisotopic (exact) mass is 505 g/mol. The summed E-state index contributed by atoms with van der Waals surface area (Å²) in [6, 6.07) is 28.4. The van der Waals surface area contributed by atoms with Crippen molar-refractivity contribution in [3.63, 3.8) is 0 Å². The predicted molar refractivity (Wildman–Crippen MR) is 146 cm³/mol. The average Bonchev–Trinajstić information content (AvgIpc) is 2.88. The van der Waals surface area contributed by atoms with Crippen LogP contribution in [0.25, 0.3) is 0 Å². The quantitative estimate of drug-likeness (QED) is 0.452. The molecule has 190 valence electrons. The zero-order valence-corrected chi connectivity index (χ0v) is 22.1. The van der Waals surface area contributed by atoms with Crippen molar-refractivity contribution >= 4 is 21.6 Å². The standard InChI is InChI=1S/C29H35N3O3S/c1-23(2)26-16-10-11-17-27(26)32(36(3,34)35)22-28(33)30-18-20-31(21-19-30)29(24-12-6-4-7-13-24)25-14-8-5-9-15-25/h4-17,23,29H,18-22H2,1-3H3. The maximum absolute atomic E-state index is 13.3. The van der Waals surface area contributed by atoms with E-state index in [0.29, 0.717) is 31.9 Å². The first-order valence-corrected chi connectivity index (χ1v) is 14.3. The SMILES string of the molecule is CC(C)c1ccccc1N(CC(=O)N1CCN(C(c2ccccc2)c2ccccc2)CC1)S(C)(=O)=O. The van der Waals surface area contributed by atoms with Crippen LogP contribution in [-0.4, -0.2) is 63.1 Å². The fourth-order valence-corrected chi connectivity index (χ4v) is 5.79. The number of anilines is 1. The Balaban J connectivity index is 1.50. The van der Waals surface area contributed by atoms with Crippen LogP contribution in [0.5, 0.6) is 0 Å². The Kier molecular flexibility index (Phi) is 8.11. The summed E-state index contributed by atoms with van der Waals surface area (Å²) in [6.45, 7) is 6.38. The number of hydrogen-bond donors (Lipinski definition) is 0. The molecule has 6 nitrogen and oxygen atoms in total. The number of carbonyl (C=O) groups is 1. The van der Waals surface area contributed by atoms with Gasteiger partial charge in [-0.2, -0.15) is 0 Å². The lowest BCUT2D eigenvalue weighted by Gasteiger charge is -2.40.